The fraction of sp³-hybridized carbons (Fsp3) is 0.562. The third-order valence-corrected chi connectivity index (χ3v) is 4.23. The fourth-order valence-corrected chi connectivity index (χ4v) is 3.16. The second-order valence-corrected chi connectivity index (χ2v) is 5.84. The summed E-state index contributed by atoms with van der Waals surface area (Å²) in [5.74, 6) is 2.01. The molecule has 3 nitrogen and oxygen atoms in total. The molecule has 1 aromatic carbocycles. The molecule has 0 saturated carbocycles. The zero-order valence-corrected chi connectivity index (χ0v) is 12.1. The molecule has 1 aliphatic heterocycles. The van der Waals surface area contributed by atoms with E-state index in [-0.39, 0.29) is 0 Å². The van der Waals surface area contributed by atoms with Gasteiger partial charge in [0.2, 0.25) is 0 Å². The van der Waals surface area contributed by atoms with Crippen LogP contribution in [0.1, 0.15) is 44.1 Å². The molecule has 1 aliphatic rings. The summed E-state index contributed by atoms with van der Waals surface area (Å²) in [5, 5.41) is 3.63. The van der Waals surface area contributed by atoms with Crippen LogP contribution in [0.3, 0.4) is 0 Å². The molecule has 2 aromatic rings. The van der Waals surface area contributed by atoms with Crippen molar-refractivity contribution in [3.05, 3.63) is 29.6 Å². The molecule has 0 amide bonds. The van der Waals surface area contributed by atoms with E-state index in [1.54, 1.807) is 0 Å². The van der Waals surface area contributed by atoms with E-state index < -0.39 is 0 Å². The Hall–Kier alpha value is -1.35. The normalized spacial score (nSPS) is 23.9. The van der Waals surface area contributed by atoms with Crippen molar-refractivity contribution in [1.82, 2.24) is 14.9 Å². The second kappa shape index (κ2) is 4.97. The first-order valence-corrected chi connectivity index (χ1v) is 7.39. The lowest BCUT2D eigenvalue weighted by Crippen LogP contribution is -2.32. The van der Waals surface area contributed by atoms with E-state index >= 15 is 0 Å². The molecule has 0 spiro atoms. The molecule has 0 radical (unpaired) electrons. The number of nitrogens with zero attached hydrogens (tertiary/aromatic N) is 2. The molecule has 1 N–H and O–H groups in total. The van der Waals surface area contributed by atoms with Crippen LogP contribution in [0, 0.1) is 12.8 Å². The summed E-state index contributed by atoms with van der Waals surface area (Å²) in [4.78, 5) is 4.90. The molecule has 0 bridgehead atoms. The Balaban J connectivity index is 2.06. The lowest BCUT2D eigenvalue weighted by atomic mass is 9.94. The predicted octanol–water partition coefficient (Wildman–Crippen LogP) is 3.43. The smallest absolute Gasteiger partial charge is 0.127 e. The first-order valence-electron chi connectivity index (χ1n) is 7.39. The Morgan fingerprint density at radius 1 is 1.42 bits per heavy atom. The lowest BCUT2D eigenvalue weighted by molar-refractivity contribution is 0.311. The number of aromatic nitrogens is 2. The van der Waals surface area contributed by atoms with Crippen LogP contribution < -0.4 is 5.32 Å². The minimum Gasteiger partial charge on any atom is -0.327 e. The van der Waals surface area contributed by atoms with Crippen LogP contribution in [0.4, 0.5) is 0 Å². The molecule has 3 heteroatoms. The van der Waals surface area contributed by atoms with Gasteiger partial charge >= 0.3 is 0 Å². The van der Waals surface area contributed by atoms with Crippen LogP contribution in [0.2, 0.25) is 0 Å². The molecule has 1 aromatic heterocycles. The number of benzene rings is 1. The Kier molecular flexibility index (Phi) is 3.31. The number of hydrogen-bond donors (Lipinski definition) is 1. The summed E-state index contributed by atoms with van der Waals surface area (Å²) < 4.78 is 2.37. The van der Waals surface area contributed by atoms with Gasteiger partial charge in [-0.25, -0.2) is 4.98 Å². The summed E-state index contributed by atoms with van der Waals surface area (Å²) >= 11 is 0. The lowest BCUT2D eigenvalue weighted by Gasteiger charge is -2.28. The molecule has 19 heavy (non-hydrogen) atoms. The van der Waals surface area contributed by atoms with E-state index in [0.717, 1.165) is 24.5 Å². The summed E-state index contributed by atoms with van der Waals surface area (Å²) in [7, 11) is 0. The summed E-state index contributed by atoms with van der Waals surface area (Å²) in [6, 6.07) is 6.99. The number of hydrogen-bond acceptors (Lipinski definition) is 2. The summed E-state index contributed by atoms with van der Waals surface area (Å²) in [6.07, 6.45) is 2.48. The highest BCUT2D eigenvalue weighted by Crippen LogP contribution is 2.29. The highest BCUT2D eigenvalue weighted by molar-refractivity contribution is 5.77. The fourth-order valence-electron chi connectivity index (χ4n) is 3.16. The number of piperidine rings is 1. The zero-order chi connectivity index (χ0) is 13.4. The van der Waals surface area contributed by atoms with Gasteiger partial charge in [-0.3, -0.25) is 0 Å². The van der Waals surface area contributed by atoms with E-state index in [2.05, 4.69) is 48.9 Å². The maximum Gasteiger partial charge on any atom is 0.127 e. The zero-order valence-electron chi connectivity index (χ0n) is 12.1. The predicted molar refractivity (Wildman–Crippen MR) is 79.3 cm³/mol. The minimum absolute atomic E-state index is 0.413. The van der Waals surface area contributed by atoms with Crippen molar-refractivity contribution < 1.29 is 0 Å². The van der Waals surface area contributed by atoms with Gasteiger partial charge in [0.25, 0.3) is 0 Å². The van der Waals surface area contributed by atoms with Crippen LogP contribution in [-0.2, 0) is 6.54 Å². The molecule has 0 aliphatic carbocycles. The Bertz CT molecular complexity index is 585. The molecule has 102 valence electrons. The highest BCUT2D eigenvalue weighted by atomic mass is 15.1. The Morgan fingerprint density at radius 3 is 3.00 bits per heavy atom. The molecule has 2 atom stereocenters. The van der Waals surface area contributed by atoms with E-state index in [0.29, 0.717) is 6.04 Å². The monoisotopic (exact) mass is 257 g/mol. The third kappa shape index (κ3) is 2.27. The molecule has 2 unspecified atom stereocenters. The van der Waals surface area contributed by atoms with Gasteiger partial charge in [-0.1, -0.05) is 13.0 Å². The van der Waals surface area contributed by atoms with Crippen molar-refractivity contribution in [2.45, 2.75) is 46.2 Å². The van der Waals surface area contributed by atoms with Crippen molar-refractivity contribution in [3.8, 4) is 0 Å². The quantitative estimate of drug-likeness (QED) is 0.893. The van der Waals surface area contributed by atoms with Gasteiger partial charge in [0.05, 0.1) is 17.1 Å². The van der Waals surface area contributed by atoms with E-state index in [9.17, 15) is 0 Å². The average molecular weight is 257 g/mol. The molecule has 2 heterocycles. The van der Waals surface area contributed by atoms with Crippen LogP contribution in [-0.4, -0.2) is 16.1 Å². The van der Waals surface area contributed by atoms with Gasteiger partial charge in [-0.05, 0) is 56.8 Å². The van der Waals surface area contributed by atoms with E-state index in [4.69, 9.17) is 4.98 Å². The molecular formula is C16H23N3. The average Bonchev–Trinajstić information content (AvgIpc) is 2.76. The van der Waals surface area contributed by atoms with Crippen molar-refractivity contribution >= 4 is 11.0 Å². The largest absolute Gasteiger partial charge is 0.327 e. The summed E-state index contributed by atoms with van der Waals surface area (Å²) in [5.41, 5.74) is 3.68. The minimum atomic E-state index is 0.413. The molecular weight excluding hydrogens is 234 g/mol. The summed E-state index contributed by atoms with van der Waals surface area (Å²) in [6.45, 7) is 8.78. The van der Waals surface area contributed by atoms with E-state index in [1.165, 1.54) is 29.7 Å². The topological polar surface area (TPSA) is 29.9 Å². The molecule has 1 saturated heterocycles. The highest BCUT2D eigenvalue weighted by Gasteiger charge is 2.24. The van der Waals surface area contributed by atoms with Crippen LogP contribution in [0.5, 0.6) is 0 Å². The van der Waals surface area contributed by atoms with Crippen LogP contribution in [0.25, 0.3) is 11.0 Å². The number of imidazole rings is 1. The number of fused-ring (bicyclic) bond motifs is 1. The first-order chi connectivity index (χ1) is 9.19. The Labute approximate surface area is 115 Å². The van der Waals surface area contributed by atoms with Gasteiger partial charge in [0, 0.05) is 6.54 Å². The standard InChI is InChI=1S/C16H23N3/c1-4-19-15-6-5-11(2)9-13(15)18-16(19)14-10-12(3)7-8-17-14/h5-6,9,12,14,17H,4,7-8,10H2,1-3H3. The Morgan fingerprint density at radius 2 is 2.26 bits per heavy atom. The third-order valence-electron chi connectivity index (χ3n) is 4.23. The van der Waals surface area contributed by atoms with Crippen molar-refractivity contribution in [3.63, 3.8) is 0 Å². The van der Waals surface area contributed by atoms with E-state index in [1.807, 2.05) is 0 Å². The first kappa shape index (κ1) is 12.7. The second-order valence-electron chi connectivity index (χ2n) is 5.84. The van der Waals surface area contributed by atoms with Gasteiger partial charge in [0.1, 0.15) is 5.82 Å². The van der Waals surface area contributed by atoms with Crippen LogP contribution >= 0.6 is 0 Å². The number of aryl methyl sites for hydroxylation is 2. The van der Waals surface area contributed by atoms with Crippen LogP contribution in [0.15, 0.2) is 18.2 Å². The van der Waals surface area contributed by atoms with Gasteiger partial charge in [-0.15, -0.1) is 0 Å². The van der Waals surface area contributed by atoms with Crippen molar-refractivity contribution in [2.24, 2.45) is 5.92 Å². The van der Waals surface area contributed by atoms with Crippen molar-refractivity contribution in [2.75, 3.05) is 6.54 Å². The molecule has 3 rings (SSSR count). The van der Waals surface area contributed by atoms with Crippen molar-refractivity contribution in [1.29, 1.82) is 0 Å². The van der Waals surface area contributed by atoms with Gasteiger partial charge in [0.15, 0.2) is 0 Å². The maximum absolute atomic E-state index is 4.90. The van der Waals surface area contributed by atoms with Gasteiger partial charge < -0.3 is 9.88 Å². The molecule has 1 fully saturated rings. The van der Waals surface area contributed by atoms with Gasteiger partial charge in [-0.2, -0.15) is 0 Å². The number of nitrogens with one attached hydrogen (secondary N) is 1. The SMILES string of the molecule is CCn1c(C2CC(C)CCN2)nc2cc(C)ccc21. The number of rotatable bonds is 2. The maximum atomic E-state index is 4.90.